The number of hydrogen-bond acceptors (Lipinski definition) is 2. The molecule has 0 saturated heterocycles. The van der Waals surface area contributed by atoms with E-state index in [1.54, 1.807) is 4.57 Å². The molecular formula is C19H21N3O2. The number of rotatable bonds is 7. The molecular weight excluding hydrogens is 302 g/mol. The summed E-state index contributed by atoms with van der Waals surface area (Å²) in [7, 11) is 0. The maximum atomic E-state index is 11.9. The maximum Gasteiger partial charge on any atom is 0.326 e. The summed E-state index contributed by atoms with van der Waals surface area (Å²) in [5.74, 6) is 0.0464. The molecule has 0 aliphatic rings. The van der Waals surface area contributed by atoms with Crippen LogP contribution in [0.3, 0.4) is 0 Å². The highest BCUT2D eigenvalue weighted by atomic mass is 16.2. The molecule has 3 aromatic rings. The van der Waals surface area contributed by atoms with Crippen molar-refractivity contribution in [2.75, 3.05) is 6.54 Å². The Morgan fingerprint density at radius 2 is 1.79 bits per heavy atom. The van der Waals surface area contributed by atoms with Gasteiger partial charge < -0.3 is 10.3 Å². The summed E-state index contributed by atoms with van der Waals surface area (Å²) in [6.45, 7) is 1.15. The molecule has 2 aromatic carbocycles. The average molecular weight is 323 g/mol. The lowest BCUT2D eigenvalue weighted by Gasteiger charge is -2.06. The number of nitrogens with one attached hydrogen (secondary N) is 2. The van der Waals surface area contributed by atoms with Crippen LogP contribution in [0.15, 0.2) is 59.4 Å². The highest BCUT2D eigenvalue weighted by Gasteiger charge is 2.06. The number of amides is 1. The summed E-state index contributed by atoms with van der Waals surface area (Å²) in [6, 6.07) is 17.6. The number of benzene rings is 2. The second-order valence-electron chi connectivity index (χ2n) is 5.79. The van der Waals surface area contributed by atoms with Gasteiger partial charge in [0.25, 0.3) is 0 Å². The van der Waals surface area contributed by atoms with Crippen molar-refractivity contribution < 1.29 is 4.79 Å². The fourth-order valence-corrected chi connectivity index (χ4v) is 2.78. The van der Waals surface area contributed by atoms with Crippen LogP contribution in [-0.2, 0) is 17.8 Å². The zero-order chi connectivity index (χ0) is 16.8. The standard InChI is InChI=1S/C19H21N3O2/c23-18(12-11-15-7-2-1-3-8-15)20-13-6-14-22-17-10-5-4-9-16(17)21-19(22)24/h1-5,7-10H,6,11-14H2,(H,20,23)(H,21,24). The molecule has 0 radical (unpaired) electrons. The zero-order valence-corrected chi connectivity index (χ0v) is 13.5. The minimum atomic E-state index is -0.105. The highest BCUT2D eigenvalue weighted by molar-refractivity contribution is 5.76. The Labute approximate surface area is 140 Å². The minimum absolute atomic E-state index is 0.0464. The van der Waals surface area contributed by atoms with Crippen LogP contribution in [0.2, 0.25) is 0 Å². The Morgan fingerprint density at radius 3 is 2.62 bits per heavy atom. The molecule has 5 nitrogen and oxygen atoms in total. The van der Waals surface area contributed by atoms with Gasteiger partial charge in [0.2, 0.25) is 5.91 Å². The molecule has 0 unspecified atom stereocenters. The third-order valence-electron chi connectivity index (χ3n) is 4.05. The van der Waals surface area contributed by atoms with Gasteiger partial charge in [-0.1, -0.05) is 42.5 Å². The third-order valence-corrected chi connectivity index (χ3v) is 4.05. The SMILES string of the molecule is O=C(CCc1ccccc1)NCCCn1c(=O)[nH]c2ccccc21. The van der Waals surface area contributed by atoms with Crippen molar-refractivity contribution in [2.24, 2.45) is 0 Å². The van der Waals surface area contributed by atoms with Crippen LogP contribution in [0.25, 0.3) is 11.0 Å². The summed E-state index contributed by atoms with van der Waals surface area (Å²) >= 11 is 0. The van der Waals surface area contributed by atoms with E-state index in [1.807, 2.05) is 54.6 Å². The molecule has 0 aliphatic carbocycles. The van der Waals surface area contributed by atoms with Gasteiger partial charge in [0.05, 0.1) is 11.0 Å². The van der Waals surface area contributed by atoms with Crippen molar-refractivity contribution in [3.8, 4) is 0 Å². The van der Waals surface area contributed by atoms with E-state index in [2.05, 4.69) is 10.3 Å². The highest BCUT2D eigenvalue weighted by Crippen LogP contribution is 2.09. The van der Waals surface area contributed by atoms with Gasteiger partial charge >= 0.3 is 5.69 Å². The molecule has 24 heavy (non-hydrogen) atoms. The first-order valence-electron chi connectivity index (χ1n) is 8.22. The Morgan fingerprint density at radius 1 is 1.04 bits per heavy atom. The van der Waals surface area contributed by atoms with Gasteiger partial charge in [0.15, 0.2) is 0 Å². The number of aromatic amines is 1. The van der Waals surface area contributed by atoms with E-state index in [-0.39, 0.29) is 11.6 Å². The lowest BCUT2D eigenvalue weighted by molar-refractivity contribution is -0.121. The molecule has 1 amide bonds. The van der Waals surface area contributed by atoms with Crippen LogP contribution in [0, 0.1) is 0 Å². The van der Waals surface area contributed by atoms with E-state index >= 15 is 0 Å². The van der Waals surface area contributed by atoms with E-state index in [9.17, 15) is 9.59 Å². The Hall–Kier alpha value is -2.82. The number of carbonyl (C=O) groups excluding carboxylic acids is 1. The average Bonchev–Trinajstić information content (AvgIpc) is 2.93. The van der Waals surface area contributed by atoms with Crippen molar-refractivity contribution in [1.82, 2.24) is 14.9 Å². The second kappa shape index (κ2) is 7.64. The lowest BCUT2D eigenvalue weighted by atomic mass is 10.1. The van der Waals surface area contributed by atoms with E-state index < -0.39 is 0 Å². The molecule has 5 heteroatoms. The largest absolute Gasteiger partial charge is 0.356 e. The van der Waals surface area contributed by atoms with Crippen molar-refractivity contribution in [3.05, 3.63) is 70.6 Å². The molecule has 0 bridgehead atoms. The molecule has 0 spiro atoms. The van der Waals surface area contributed by atoms with E-state index in [0.29, 0.717) is 19.5 Å². The number of carbonyl (C=O) groups is 1. The number of nitrogens with zero attached hydrogens (tertiary/aromatic N) is 1. The number of fused-ring (bicyclic) bond motifs is 1. The Kier molecular flexibility index (Phi) is 5.11. The van der Waals surface area contributed by atoms with Gasteiger partial charge in [0.1, 0.15) is 0 Å². The topological polar surface area (TPSA) is 66.9 Å². The summed E-state index contributed by atoms with van der Waals surface area (Å²) in [6.07, 6.45) is 1.95. The van der Waals surface area contributed by atoms with Gasteiger partial charge in [-0.3, -0.25) is 9.36 Å². The van der Waals surface area contributed by atoms with Crippen LogP contribution in [-0.4, -0.2) is 22.0 Å². The molecule has 0 atom stereocenters. The van der Waals surface area contributed by atoms with Gasteiger partial charge in [-0.05, 0) is 30.5 Å². The first kappa shape index (κ1) is 16.1. The smallest absolute Gasteiger partial charge is 0.326 e. The fourth-order valence-electron chi connectivity index (χ4n) is 2.78. The van der Waals surface area contributed by atoms with Gasteiger partial charge in [-0.2, -0.15) is 0 Å². The summed E-state index contributed by atoms with van der Waals surface area (Å²) in [4.78, 5) is 26.7. The number of hydrogen-bond donors (Lipinski definition) is 2. The van der Waals surface area contributed by atoms with Crippen LogP contribution in [0.5, 0.6) is 0 Å². The summed E-state index contributed by atoms with van der Waals surface area (Å²) in [5, 5.41) is 2.92. The van der Waals surface area contributed by atoms with Gasteiger partial charge in [-0.25, -0.2) is 4.79 Å². The number of imidazole rings is 1. The van der Waals surface area contributed by atoms with Crippen LogP contribution in [0.4, 0.5) is 0 Å². The molecule has 0 aliphatic heterocycles. The fraction of sp³-hybridized carbons (Fsp3) is 0.263. The summed E-state index contributed by atoms with van der Waals surface area (Å²) in [5.41, 5.74) is 2.80. The molecule has 2 N–H and O–H groups in total. The van der Waals surface area contributed by atoms with Crippen molar-refractivity contribution in [2.45, 2.75) is 25.8 Å². The van der Waals surface area contributed by atoms with Crippen LogP contribution >= 0.6 is 0 Å². The second-order valence-corrected chi connectivity index (χ2v) is 5.79. The first-order chi connectivity index (χ1) is 11.7. The molecule has 1 aromatic heterocycles. The third kappa shape index (κ3) is 3.93. The zero-order valence-electron chi connectivity index (χ0n) is 13.5. The number of aryl methyl sites for hydroxylation is 2. The van der Waals surface area contributed by atoms with Crippen LogP contribution < -0.4 is 11.0 Å². The van der Waals surface area contributed by atoms with Gasteiger partial charge in [0, 0.05) is 19.5 Å². The lowest BCUT2D eigenvalue weighted by Crippen LogP contribution is -2.26. The quantitative estimate of drug-likeness (QED) is 0.656. The number of para-hydroxylation sites is 2. The monoisotopic (exact) mass is 323 g/mol. The summed E-state index contributed by atoms with van der Waals surface area (Å²) < 4.78 is 1.71. The number of aromatic nitrogens is 2. The minimum Gasteiger partial charge on any atom is -0.356 e. The number of H-pyrrole nitrogens is 1. The Balaban J connectivity index is 1.44. The predicted octanol–water partition coefficient (Wildman–Crippen LogP) is 2.47. The van der Waals surface area contributed by atoms with Gasteiger partial charge in [-0.15, -0.1) is 0 Å². The Bertz CT molecular complexity index is 865. The normalized spacial score (nSPS) is 10.8. The first-order valence-corrected chi connectivity index (χ1v) is 8.22. The van der Waals surface area contributed by atoms with Crippen molar-refractivity contribution in [1.29, 1.82) is 0 Å². The van der Waals surface area contributed by atoms with Crippen molar-refractivity contribution >= 4 is 16.9 Å². The molecule has 0 fully saturated rings. The van der Waals surface area contributed by atoms with E-state index in [0.717, 1.165) is 29.4 Å². The molecule has 1 heterocycles. The van der Waals surface area contributed by atoms with Crippen LogP contribution in [0.1, 0.15) is 18.4 Å². The molecule has 3 rings (SSSR count). The van der Waals surface area contributed by atoms with Crippen molar-refractivity contribution in [3.63, 3.8) is 0 Å². The predicted molar refractivity (Wildman–Crippen MR) is 94.9 cm³/mol. The molecule has 0 saturated carbocycles. The molecule has 124 valence electrons. The maximum absolute atomic E-state index is 11.9. The van der Waals surface area contributed by atoms with E-state index in [1.165, 1.54) is 0 Å². The van der Waals surface area contributed by atoms with E-state index in [4.69, 9.17) is 0 Å².